The van der Waals surface area contributed by atoms with Crippen molar-refractivity contribution in [1.29, 1.82) is 0 Å². The van der Waals surface area contributed by atoms with Gasteiger partial charge in [-0.25, -0.2) is 0 Å². The van der Waals surface area contributed by atoms with Crippen LogP contribution in [0.1, 0.15) is 32.6 Å². The van der Waals surface area contributed by atoms with E-state index in [2.05, 4.69) is 11.8 Å². The highest BCUT2D eigenvalue weighted by atomic mass is 15.2. The number of likely N-dealkylation sites (tertiary alicyclic amines) is 1. The van der Waals surface area contributed by atoms with Crippen LogP contribution >= 0.6 is 0 Å². The van der Waals surface area contributed by atoms with E-state index in [1.807, 2.05) is 0 Å². The second-order valence-electron chi connectivity index (χ2n) is 5.86. The van der Waals surface area contributed by atoms with Crippen LogP contribution in [0.15, 0.2) is 0 Å². The first kappa shape index (κ1) is 9.17. The predicted octanol–water partition coefficient (Wildman–Crippen LogP) is 1.45. The summed E-state index contributed by atoms with van der Waals surface area (Å²) in [5.41, 5.74) is 6.10. The highest BCUT2D eigenvalue weighted by Gasteiger charge is 2.50. The van der Waals surface area contributed by atoms with E-state index in [0.29, 0.717) is 6.04 Å². The lowest BCUT2D eigenvalue weighted by Crippen LogP contribution is -2.50. The topological polar surface area (TPSA) is 29.3 Å². The van der Waals surface area contributed by atoms with E-state index in [1.54, 1.807) is 0 Å². The molecule has 14 heavy (non-hydrogen) atoms. The van der Waals surface area contributed by atoms with Crippen LogP contribution in [0.4, 0.5) is 0 Å². The maximum absolute atomic E-state index is 6.10. The summed E-state index contributed by atoms with van der Waals surface area (Å²) in [5.74, 6) is 2.98. The van der Waals surface area contributed by atoms with Gasteiger partial charge in [0.05, 0.1) is 0 Å². The molecule has 0 aromatic heterocycles. The third kappa shape index (κ3) is 1.49. The highest BCUT2D eigenvalue weighted by molar-refractivity contribution is 5.03. The second-order valence-corrected chi connectivity index (χ2v) is 5.86. The van der Waals surface area contributed by atoms with Crippen molar-refractivity contribution in [3.63, 3.8) is 0 Å². The average Bonchev–Trinajstić information content (AvgIpc) is 2.76. The van der Waals surface area contributed by atoms with Crippen molar-refractivity contribution in [2.75, 3.05) is 13.1 Å². The van der Waals surface area contributed by atoms with Crippen molar-refractivity contribution in [2.24, 2.45) is 23.5 Å². The van der Waals surface area contributed by atoms with Gasteiger partial charge in [-0.2, -0.15) is 0 Å². The zero-order valence-corrected chi connectivity index (χ0v) is 9.15. The molecule has 3 fully saturated rings. The lowest BCUT2D eigenvalue weighted by atomic mass is 9.94. The van der Waals surface area contributed by atoms with Crippen LogP contribution in [-0.4, -0.2) is 30.1 Å². The van der Waals surface area contributed by atoms with Crippen molar-refractivity contribution in [2.45, 2.75) is 44.7 Å². The molecule has 1 saturated heterocycles. The van der Waals surface area contributed by atoms with Crippen LogP contribution in [0.5, 0.6) is 0 Å². The van der Waals surface area contributed by atoms with E-state index in [9.17, 15) is 0 Å². The maximum Gasteiger partial charge on any atom is 0.0170 e. The van der Waals surface area contributed by atoms with E-state index in [-0.39, 0.29) is 0 Å². The Kier molecular flexibility index (Phi) is 2.10. The Morgan fingerprint density at radius 1 is 1.14 bits per heavy atom. The van der Waals surface area contributed by atoms with Crippen LogP contribution in [-0.2, 0) is 0 Å². The molecule has 2 heteroatoms. The SMILES string of the molecule is CC1CC(N)CN(C2CCC3CC32)C1. The molecule has 0 aromatic rings. The molecule has 0 aromatic carbocycles. The van der Waals surface area contributed by atoms with E-state index in [4.69, 9.17) is 5.73 Å². The highest BCUT2D eigenvalue weighted by Crippen LogP contribution is 2.53. The van der Waals surface area contributed by atoms with Crippen molar-refractivity contribution in [3.05, 3.63) is 0 Å². The number of piperidine rings is 1. The molecule has 2 saturated carbocycles. The van der Waals surface area contributed by atoms with Gasteiger partial charge in [0.1, 0.15) is 0 Å². The molecule has 3 rings (SSSR count). The van der Waals surface area contributed by atoms with Gasteiger partial charge in [-0.05, 0) is 43.4 Å². The van der Waals surface area contributed by atoms with Gasteiger partial charge in [-0.1, -0.05) is 6.92 Å². The molecule has 0 radical (unpaired) electrons. The molecule has 2 nitrogen and oxygen atoms in total. The van der Waals surface area contributed by atoms with Gasteiger partial charge < -0.3 is 5.73 Å². The lowest BCUT2D eigenvalue weighted by Gasteiger charge is -2.39. The smallest absolute Gasteiger partial charge is 0.0170 e. The molecule has 1 aliphatic heterocycles. The standard InChI is InChI=1S/C12H22N2/c1-8-4-10(13)7-14(6-8)12-3-2-9-5-11(9)12/h8-12H,2-7,13H2,1H3. The summed E-state index contributed by atoms with van der Waals surface area (Å²) in [6.45, 7) is 4.82. The van der Waals surface area contributed by atoms with Crippen LogP contribution in [0, 0.1) is 17.8 Å². The Morgan fingerprint density at radius 2 is 2.00 bits per heavy atom. The zero-order chi connectivity index (χ0) is 9.71. The molecule has 1 heterocycles. The fourth-order valence-electron chi connectivity index (χ4n) is 3.84. The summed E-state index contributed by atoms with van der Waals surface area (Å²) in [4.78, 5) is 2.70. The van der Waals surface area contributed by atoms with Crippen LogP contribution in [0.25, 0.3) is 0 Å². The van der Waals surface area contributed by atoms with Gasteiger partial charge in [0.25, 0.3) is 0 Å². The summed E-state index contributed by atoms with van der Waals surface area (Å²) in [7, 11) is 0. The maximum atomic E-state index is 6.10. The summed E-state index contributed by atoms with van der Waals surface area (Å²) >= 11 is 0. The molecule has 5 atom stereocenters. The molecule has 2 N–H and O–H groups in total. The van der Waals surface area contributed by atoms with Gasteiger partial charge in [-0.15, -0.1) is 0 Å². The molecule has 80 valence electrons. The van der Waals surface area contributed by atoms with Gasteiger partial charge in [0, 0.05) is 25.2 Å². The Morgan fingerprint density at radius 3 is 2.57 bits per heavy atom. The minimum atomic E-state index is 0.441. The number of nitrogens with two attached hydrogens (primary N) is 1. The fraction of sp³-hybridized carbons (Fsp3) is 1.00. The van der Waals surface area contributed by atoms with Crippen molar-refractivity contribution in [1.82, 2.24) is 4.90 Å². The van der Waals surface area contributed by atoms with E-state index < -0.39 is 0 Å². The van der Waals surface area contributed by atoms with Crippen molar-refractivity contribution >= 4 is 0 Å². The number of rotatable bonds is 1. The normalized spacial score (nSPS) is 53.1. The minimum absolute atomic E-state index is 0.441. The van der Waals surface area contributed by atoms with Gasteiger partial charge in [0.2, 0.25) is 0 Å². The van der Waals surface area contributed by atoms with E-state index in [1.165, 1.54) is 32.2 Å². The Bertz CT molecular complexity index is 218. The Hall–Kier alpha value is -0.0800. The fourth-order valence-corrected chi connectivity index (χ4v) is 3.84. The molecule has 0 amide bonds. The second kappa shape index (κ2) is 3.21. The van der Waals surface area contributed by atoms with Crippen molar-refractivity contribution in [3.8, 4) is 0 Å². The predicted molar refractivity (Wildman–Crippen MR) is 57.9 cm³/mol. The zero-order valence-electron chi connectivity index (χ0n) is 9.15. The lowest BCUT2D eigenvalue weighted by molar-refractivity contribution is 0.106. The van der Waals surface area contributed by atoms with E-state index >= 15 is 0 Å². The first-order valence-corrected chi connectivity index (χ1v) is 6.23. The Labute approximate surface area is 86.8 Å². The van der Waals surface area contributed by atoms with Gasteiger partial charge in [0.15, 0.2) is 0 Å². The number of nitrogens with zero attached hydrogens (tertiary/aromatic N) is 1. The summed E-state index contributed by atoms with van der Waals surface area (Å²) < 4.78 is 0. The van der Waals surface area contributed by atoms with Crippen LogP contribution in [0.2, 0.25) is 0 Å². The van der Waals surface area contributed by atoms with Crippen LogP contribution in [0.3, 0.4) is 0 Å². The Balaban J connectivity index is 1.65. The van der Waals surface area contributed by atoms with Gasteiger partial charge >= 0.3 is 0 Å². The molecule has 0 spiro atoms. The van der Waals surface area contributed by atoms with Crippen LogP contribution < -0.4 is 5.73 Å². The largest absolute Gasteiger partial charge is 0.327 e. The third-order valence-corrected chi connectivity index (χ3v) is 4.49. The summed E-state index contributed by atoms with van der Waals surface area (Å²) in [6.07, 6.45) is 5.70. The third-order valence-electron chi connectivity index (χ3n) is 4.49. The monoisotopic (exact) mass is 194 g/mol. The van der Waals surface area contributed by atoms with Crippen molar-refractivity contribution < 1.29 is 0 Å². The molecular formula is C12H22N2. The molecule has 0 bridgehead atoms. The average molecular weight is 194 g/mol. The number of hydrogen-bond donors (Lipinski definition) is 1. The first-order valence-electron chi connectivity index (χ1n) is 6.23. The molecular weight excluding hydrogens is 172 g/mol. The number of fused-ring (bicyclic) bond motifs is 1. The first-order chi connectivity index (χ1) is 6.74. The molecule has 2 aliphatic carbocycles. The molecule has 5 unspecified atom stereocenters. The minimum Gasteiger partial charge on any atom is -0.327 e. The summed E-state index contributed by atoms with van der Waals surface area (Å²) in [5, 5.41) is 0. The van der Waals surface area contributed by atoms with E-state index in [0.717, 1.165) is 30.3 Å². The quantitative estimate of drug-likeness (QED) is 0.684. The number of hydrogen-bond acceptors (Lipinski definition) is 2. The molecule has 3 aliphatic rings. The van der Waals surface area contributed by atoms with Gasteiger partial charge in [-0.3, -0.25) is 4.90 Å². The summed E-state index contributed by atoms with van der Waals surface area (Å²) in [6, 6.07) is 1.35.